The number of carbonyl (C=O) groups excluding carboxylic acids is 2. The van der Waals surface area contributed by atoms with E-state index in [9.17, 15) is 18.0 Å². The van der Waals surface area contributed by atoms with Crippen molar-refractivity contribution in [3.63, 3.8) is 0 Å². The summed E-state index contributed by atoms with van der Waals surface area (Å²) in [5.74, 6) is -0.992. The lowest BCUT2D eigenvalue weighted by atomic mass is 10.2. The minimum absolute atomic E-state index is 0.0352. The third-order valence-electron chi connectivity index (χ3n) is 4.24. The molecule has 0 bridgehead atoms. The lowest BCUT2D eigenvalue weighted by Crippen LogP contribution is -2.30. The first-order valence-corrected chi connectivity index (χ1v) is 11.6. The molecular formula is C21H25ClN2O6S. The molecule has 0 aliphatic rings. The summed E-state index contributed by atoms with van der Waals surface area (Å²) in [4.78, 5) is 25.0. The standard InChI is InChI=1S/C21H25ClN2O6S/c1-5-9-31(27,28)24-16-8-6-7-15(11-16)21(26)30-14(3)20(25)23-18-10-13(2)17(22)12-19(18)29-4/h6-8,10-12,14,24H,5,9H2,1-4H3,(H,23,25). The van der Waals surface area contributed by atoms with E-state index in [1.807, 2.05) is 0 Å². The van der Waals surface area contributed by atoms with Gasteiger partial charge in [-0.15, -0.1) is 0 Å². The molecule has 168 valence electrons. The average Bonchev–Trinajstić information content (AvgIpc) is 2.70. The number of methoxy groups -OCH3 is 1. The monoisotopic (exact) mass is 468 g/mol. The molecule has 1 atom stereocenters. The molecule has 0 heterocycles. The van der Waals surface area contributed by atoms with Crippen LogP contribution in [0.3, 0.4) is 0 Å². The molecule has 0 saturated heterocycles. The van der Waals surface area contributed by atoms with Crippen LogP contribution in [0.15, 0.2) is 36.4 Å². The summed E-state index contributed by atoms with van der Waals surface area (Å²) >= 11 is 6.07. The zero-order valence-corrected chi connectivity index (χ0v) is 19.3. The van der Waals surface area contributed by atoms with Crippen LogP contribution in [-0.2, 0) is 19.6 Å². The van der Waals surface area contributed by atoms with Crippen molar-refractivity contribution in [3.05, 3.63) is 52.5 Å². The number of sulfonamides is 1. The highest BCUT2D eigenvalue weighted by atomic mass is 35.5. The second-order valence-electron chi connectivity index (χ2n) is 6.84. The number of hydrogen-bond acceptors (Lipinski definition) is 6. The van der Waals surface area contributed by atoms with Gasteiger partial charge in [0.15, 0.2) is 6.10 Å². The maximum Gasteiger partial charge on any atom is 0.338 e. The molecule has 2 rings (SSSR count). The average molecular weight is 469 g/mol. The number of carbonyl (C=O) groups is 2. The zero-order valence-electron chi connectivity index (χ0n) is 17.7. The number of hydrogen-bond donors (Lipinski definition) is 2. The molecule has 0 aliphatic carbocycles. The fourth-order valence-electron chi connectivity index (χ4n) is 2.66. The highest BCUT2D eigenvalue weighted by molar-refractivity contribution is 7.92. The van der Waals surface area contributed by atoms with E-state index in [1.165, 1.54) is 38.3 Å². The van der Waals surface area contributed by atoms with Crippen molar-refractivity contribution < 1.29 is 27.5 Å². The number of anilines is 2. The van der Waals surface area contributed by atoms with Gasteiger partial charge in [0.1, 0.15) is 5.75 Å². The van der Waals surface area contributed by atoms with Crippen LogP contribution in [0.25, 0.3) is 0 Å². The number of rotatable bonds is 9. The van der Waals surface area contributed by atoms with Gasteiger partial charge in [-0.1, -0.05) is 24.6 Å². The van der Waals surface area contributed by atoms with E-state index in [2.05, 4.69) is 10.0 Å². The smallest absolute Gasteiger partial charge is 0.338 e. The summed E-state index contributed by atoms with van der Waals surface area (Å²) in [6.07, 6.45) is -0.657. The molecule has 0 fully saturated rings. The lowest BCUT2D eigenvalue weighted by Gasteiger charge is -2.16. The van der Waals surface area contributed by atoms with Crippen LogP contribution in [0.2, 0.25) is 5.02 Å². The van der Waals surface area contributed by atoms with E-state index in [4.69, 9.17) is 21.1 Å². The molecular weight excluding hydrogens is 444 g/mol. The van der Waals surface area contributed by atoms with Gasteiger partial charge in [0.2, 0.25) is 10.0 Å². The maximum atomic E-state index is 12.5. The summed E-state index contributed by atoms with van der Waals surface area (Å²) in [5, 5.41) is 3.14. The van der Waals surface area contributed by atoms with E-state index in [-0.39, 0.29) is 17.0 Å². The number of amides is 1. The molecule has 10 heteroatoms. The molecule has 0 aromatic heterocycles. The van der Waals surface area contributed by atoms with Crippen molar-refractivity contribution in [2.75, 3.05) is 22.9 Å². The van der Waals surface area contributed by atoms with Gasteiger partial charge in [-0.05, 0) is 50.1 Å². The van der Waals surface area contributed by atoms with Crippen molar-refractivity contribution in [2.24, 2.45) is 0 Å². The Bertz CT molecular complexity index is 1070. The van der Waals surface area contributed by atoms with Crippen LogP contribution in [0.1, 0.15) is 36.2 Å². The number of halogens is 1. The van der Waals surface area contributed by atoms with E-state index in [0.29, 0.717) is 22.9 Å². The fraction of sp³-hybridized carbons (Fsp3) is 0.333. The van der Waals surface area contributed by atoms with Crippen LogP contribution in [0.4, 0.5) is 11.4 Å². The fourth-order valence-corrected chi connectivity index (χ4v) is 3.93. The van der Waals surface area contributed by atoms with Crippen molar-refractivity contribution in [1.29, 1.82) is 0 Å². The first kappa shape index (κ1) is 24.5. The Balaban J connectivity index is 2.08. The lowest BCUT2D eigenvalue weighted by molar-refractivity contribution is -0.123. The Morgan fingerprint density at radius 3 is 2.55 bits per heavy atom. The molecule has 0 spiro atoms. The molecule has 2 aromatic rings. The van der Waals surface area contributed by atoms with Gasteiger partial charge in [-0.2, -0.15) is 0 Å². The molecule has 2 N–H and O–H groups in total. The van der Waals surface area contributed by atoms with Crippen molar-refractivity contribution in [2.45, 2.75) is 33.3 Å². The minimum Gasteiger partial charge on any atom is -0.495 e. The number of ether oxygens (including phenoxy) is 2. The topological polar surface area (TPSA) is 111 Å². The van der Waals surface area contributed by atoms with E-state index < -0.39 is 28.0 Å². The Morgan fingerprint density at radius 2 is 1.90 bits per heavy atom. The highest BCUT2D eigenvalue weighted by Crippen LogP contribution is 2.31. The van der Waals surface area contributed by atoms with E-state index in [1.54, 1.807) is 26.0 Å². The first-order valence-electron chi connectivity index (χ1n) is 9.52. The van der Waals surface area contributed by atoms with Gasteiger partial charge in [0, 0.05) is 16.8 Å². The normalized spacial score (nSPS) is 12.0. The Hall–Kier alpha value is -2.78. The third kappa shape index (κ3) is 6.86. The van der Waals surface area contributed by atoms with Crippen LogP contribution < -0.4 is 14.8 Å². The van der Waals surface area contributed by atoms with E-state index in [0.717, 1.165) is 5.56 Å². The van der Waals surface area contributed by atoms with Gasteiger partial charge in [0.25, 0.3) is 5.91 Å². The molecule has 0 saturated carbocycles. The first-order chi connectivity index (χ1) is 14.6. The van der Waals surface area contributed by atoms with Gasteiger partial charge >= 0.3 is 5.97 Å². The SMILES string of the molecule is CCCS(=O)(=O)Nc1cccc(C(=O)OC(C)C(=O)Nc2cc(C)c(Cl)cc2OC)c1. The number of benzene rings is 2. The van der Waals surface area contributed by atoms with Gasteiger partial charge in [0.05, 0.1) is 24.1 Å². The molecule has 1 amide bonds. The number of aryl methyl sites for hydroxylation is 1. The molecule has 31 heavy (non-hydrogen) atoms. The summed E-state index contributed by atoms with van der Waals surface area (Å²) < 4.78 is 36.7. The summed E-state index contributed by atoms with van der Waals surface area (Å²) in [7, 11) is -2.05. The Kier molecular flexibility index (Phi) is 8.29. The molecule has 2 aromatic carbocycles. The number of esters is 1. The van der Waals surface area contributed by atoms with Crippen LogP contribution in [0, 0.1) is 6.92 Å². The van der Waals surface area contributed by atoms with Gasteiger partial charge in [-0.3, -0.25) is 9.52 Å². The molecule has 1 unspecified atom stereocenters. The molecule has 0 aliphatic heterocycles. The highest BCUT2D eigenvalue weighted by Gasteiger charge is 2.21. The molecule has 8 nitrogen and oxygen atoms in total. The van der Waals surface area contributed by atoms with Crippen molar-refractivity contribution >= 4 is 44.9 Å². The second-order valence-corrected chi connectivity index (χ2v) is 9.09. The quantitative estimate of drug-likeness (QED) is 0.538. The minimum atomic E-state index is -3.50. The molecule has 0 radical (unpaired) electrons. The van der Waals surface area contributed by atoms with Gasteiger partial charge < -0.3 is 14.8 Å². The van der Waals surface area contributed by atoms with Crippen molar-refractivity contribution in [3.8, 4) is 5.75 Å². The number of nitrogens with one attached hydrogen (secondary N) is 2. The summed E-state index contributed by atoms with van der Waals surface area (Å²) in [6, 6.07) is 9.09. The van der Waals surface area contributed by atoms with E-state index >= 15 is 0 Å². The Morgan fingerprint density at radius 1 is 1.19 bits per heavy atom. The second kappa shape index (κ2) is 10.5. The van der Waals surface area contributed by atoms with Crippen LogP contribution >= 0.6 is 11.6 Å². The Labute approximate surface area is 186 Å². The van der Waals surface area contributed by atoms with Gasteiger partial charge in [-0.25, -0.2) is 13.2 Å². The van der Waals surface area contributed by atoms with Crippen LogP contribution in [0.5, 0.6) is 5.75 Å². The predicted molar refractivity (Wildman–Crippen MR) is 120 cm³/mol. The maximum absolute atomic E-state index is 12.5. The zero-order chi connectivity index (χ0) is 23.2. The summed E-state index contributed by atoms with van der Waals surface area (Å²) in [5.41, 5.74) is 1.48. The predicted octanol–water partition coefficient (Wildman–Crippen LogP) is 3.99. The van der Waals surface area contributed by atoms with Crippen molar-refractivity contribution in [1.82, 2.24) is 0 Å². The summed E-state index contributed by atoms with van der Waals surface area (Å²) in [6.45, 7) is 4.96. The third-order valence-corrected chi connectivity index (χ3v) is 6.14. The largest absolute Gasteiger partial charge is 0.495 e. The van der Waals surface area contributed by atoms with Crippen LogP contribution in [-0.4, -0.2) is 39.3 Å².